The first-order chi connectivity index (χ1) is 38.6. The Morgan fingerprint density at radius 3 is 1.08 bits per heavy atom. The number of ether oxygens (including phenoxy) is 4. The standard InChI is InChI=1S/C65H127NO13/c1-3-5-7-9-10-11-12-13-14-15-16-17-18-19-20-21-22-23-24-25-26-27-28-29-30-31-32-33-34-35-36-37-38-39-40-41-42-43-44-45-47-49-57(70)66-53(54(69)48-46-8-6-4-2)52-76-64-62(75)60(73)63(56(51-68)78-64)79-65-61(74)59(72)58(71)55(50-67)77-65/h53-56,58-65,67-69,71-75H,3-52H2,1-2H3,(H,66,70). The van der Waals surface area contributed by atoms with Crippen LogP contribution in [0.25, 0.3) is 0 Å². The van der Waals surface area contributed by atoms with Crippen LogP contribution in [-0.4, -0.2) is 140 Å². The lowest BCUT2D eigenvalue weighted by molar-refractivity contribution is -0.359. The van der Waals surface area contributed by atoms with Crippen molar-refractivity contribution in [3.63, 3.8) is 0 Å². The second-order valence-corrected chi connectivity index (χ2v) is 24.3. The molecule has 0 aromatic rings. The van der Waals surface area contributed by atoms with Crippen LogP contribution >= 0.6 is 0 Å². The molecule has 470 valence electrons. The molecule has 2 fully saturated rings. The van der Waals surface area contributed by atoms with E-state index in [4.69, 9.17) is 18.9 Å². The highest BCUT2D eigenvalue weighted by atomic mass is 16.7. The second-order valence-electron chi connectivity index (χ2n) is 24.3. The molecule has 0 bridgehead atoms. The van der Waals surface area contributed by atoms with Gasteiger partial charge in [0.25, 0.3) is 0 Å². The Hall–Kier alpha value is -1.01. The molecule has 14 nitrogen and oxygen atoms in total. The molecule has 0 aromatic carbocycles. The van der Waals surface area contributed by atoms with Crippen molar-refractivity contribution in [2.45, 2.75) is 389 Å². The van der Waals surface area contributed by atoms with Crippen LogP contribution < -0.4 is 5.32 Å². The SMILES string of the molecule is CCCCCCCCCCCCCCCCCCCCCCCCCCCCCCCCCCCCCCCCCCCC(=O)NC(COC1OC(CO)C(OC2OC(CO)C(O)C(O)C2O)C(O)C1O)C(O)CCCCCC. The van der Waals surface area contributed by atoms with Crippen molar-refractivity contribution in [1.82, 2.24) is 5.32 Å². The minimum atomic E-state index is -1.78. The number of carbonyl (C=O) groups is 1. The van der Waals surface area contributed by atoms with Crippen molar-refractivity contribution in [2.24, 2.45) is 0 Å². The maximum atomic E-state index is 13.1. The minimum absolute atomic E-state index is 0.209. The van der Waals surface area contributed by atoms with Gasteiger partial charge in [-0.2, -0.15) is 0 Å². The van der Waals surface area contributed by atoms with Gasteiger partial charge >= 0.3 is 0 Å². The smallest absolute Gasteiger partial charge is 0.220 e. The molecule has 2 saturated heterocycles. The van der Waals surface area contributed by atoms with E-state index in [1.165, 1.54) is 238 Å². The fraction of sp³-hybridized carbons (Fsp3) is 0.985. The molecule has 12 unspecified atom stereocenters. The van der Waals surface area contributed by atoms with Crippen molar-refractivity contribution in [2.75, 3.05) is 19.8 Å². The van der Waals surface area contributed by atoms with Gasteiger partial charge in [0.1, 0.15) is 48.8 Å². The highest BCUT2D eigenvalue weighted by Crippen LogP contribution is 2.30. The number of hydrogen-bond donors (Lipinski definition) is 9. The number of hydrogen-bond acceptors (Lipinski definition) is 13. The van der Waals surface area contributed by atoms with E-state index < -0.39 is 86.8 Å². The zero-order valence-corrected chi connectivity index (χ0v) is 50.9. The van der Waals surface area contributed by atoms with E-state index in [-0.39, 0.29) is 12.5 Å². The normalized spacial score (nSPS) is 24.3. The Bertz CT molecular complexity index is 1330. The number of nitrogens with one attached hydrogen (secondary N) is 1. The molecule has 0 radical (unpaired) electrons. The average molecular weight is 1130 g/mol. The summed E-state index contributed by atoms with van der Waals surface area (Å²) in [6.07, 6.45) is 44.2. The molecule has 2 aliphatic heterocycles. The summed E-state index contributed by atoms with van der Waals surface area (Å²) in [4.78, 5) is 13.1. The summed E-state index contributed by atoms with van der Waals surface area (Å²) >= 11 is 0. The molecule has 9 N–H and O–H groups in total. The topological polar surface area (TPSA) is 228 Å². The van der Waals surface area contributed by atoms with Crippen LogP contribution in [-0.2, 0) is 23.7 Å². The minimum Gasteiger partial charge on any atom is -0.394 e. The van der Waals surface area contributed by atoms with Gasteiger partial charge in [0, 0.05) is 6.42 Å². The Morgan fingerprint density at radius 1 is 0.405 bits per heavy atom. The van der Waals surface area contributed by atoms with Crippen molar-refractivity contribution in [3.05, 3.63) is 0 Å². The van der Waals surface area contributed by atoms with Crippen molar-refractivity contribution >= 4 is 5.91 Å². The Labute approximate surface area is 483 Å². The van der Waals surface area contributed by atoms with E-state index in [0.29, 0.717) is 12.8 Å². The number of carbonyl (C=O) groups excluding carboxylic acids is 1. The summed E-state index contributed by atoms with van der Waals surface area (Å²) in [5.74, 6) is -0.209. The van der Waals surface area contributed by atoms with Gasteiger partial charge in [-0.05, 0) is 12.8 Å². The van der Waals surface area contributed by atoms with Crippen molar-refractivity contribution in [3.8, 4) is 0 Å². The Balaban J connectivity index is 1.40. The molecule has 2 rings (SSSR count). The summed E-state index contributed by atoms with van der Waals surface area (Å²) in [6, 6.07) is -0.819. The summed E-state index contributed by atoms with van der Waals surface area (Å²) in [7, 11) is 0. The molecule has 0 aliphatic carbocycles. The van der Waals surface area contributed by atoms with Crippen LogP contribution in [0, 0.1) is 0 Å². The van der Waals surface area contributed by atoms with E-state index >= 15 is 0 Å². The maximum Gasteiger partial charge on any atom is 0.220 e. The lowest BCUT2D eigenvalue weighted by Crippen LogP contribution is -2.65. The molecule has 12 atom stereocenters. The first-order valence-corrected chi connectivity index (χ1v) is 33.8. The van der Waals surface area contributed by atoms with Crippen LogP contribution in [0.3, 0.4) is 0 Å². The number of amides is 1. The van der Waals surface area contributed by atoms with Crippen LogP contribution in [0.15, 0.2) is 0 Å². The van der Waals surface area contributed by atoms with E-state index in [9.17, 15) is 45.6 Å². The van der Waals surface area contributed by atoms with E-state index in [0.717, 1.165) is 51.4 Å². The van der Waals surface area contributed by atoms with Gasteiger partial charge < -0.3 is 65.1 Å². The molecule has 2 aliphatic rings. The molecular weight excluding hydrogens is 1000 g/mol. The number of rotatable bonds is 56. The molecule has 0 spiro atoms. The molecule has 0 saturated carbocycles. The van der Waals surface area contributed by atoms with E-state index in [1.54, 1.807) is 0 Å². The summed E-state index contributed by atoms with van der Waals surface area (Å²) in [6.45, 7) is 2.76. The quantitative estimate of drug-likeness (QED) is 0.0259. The van der Waals surface area contributed by atoms with Crippen LogP contribution in [0.2, 0.25) is 0 Å². The first-order valence-electron chi connectivity index (χ1n) is 33.8. The first kappa shape index (κ1) is 74.1. The zero-order chi connectivity index (χ0) is 57.4. The third kappa shape index (κ3) is 36.4. The summed E-state index contributed by atoms with van der Waals surface area (Å²) < 4.78 is 22.6. The van der Waals surface area contributed by atoms with Gasteiger partial charge in [-0.25, -0.2) is 0 Å². The zero-order valence-electron chi connectivity index (χ0n) is 50.9. The third-order valence-corrected chi connectivity index (χ3v) is 17.1. The lowest BCUT2D eigenvalue weighted by Gasteiger charge is -2.46. The predicted molar refractivity (Wildman–Crippen MR) is 319 cm³/mol. The number of unbranched alkanes of at least 4 members (excludes halogenated alkanes) is 43. The monoisotopic (exact) mass is 1130 g/mol. The van der Waals surface area contributed by atoms with Gasteiger partial charge in [-0.3, -0.25) is 4.79 Å². The molecular formula is C65H127NO13. The van der Waals surface area contributed by atoms with Crippen LogP contribution in [0.1, 0.15) is 316 Å². The maximum absolute atomic E-state index is 13.1. The van der Waals surface area contributed by atoms with Crippen molar-refractivity contribution in [1.29, 1.82) is 0 Å². The Kier molecular flexibility index (Phi) is 48.2. The van der Waals surface area contributed by atoms with Crippen LogP contribution in [0.5, 0.6) is 0 Å². The van der Waals surface area contributed by atoms with Gasteiger partial charge in [0.2, 0.25) is 5.91 Å². The molecule has 0 aromatic heterocycles. The number of aliphatic hydroxyl groups excluding tert-OH is 8. The van der Waals surface area contributed by atoms with Crippen LogP contribution in [0.4, 0.5) is 0 Å². The largest absolute Gasteiger partial charge is 0.394 e. The van der Waals surface area contributed by atoms with Gasteiger partial charge in [-0.1, -0.05) is 296 Å². The Morgan fingerprint density at radius 2 is 0.722 bits per heavy atom. The van der Waals surface area contributed by atoms with Crippen molar-refractivity contribution < 1.29 is 64.6 Å². The average Bonchev–Trinajstić information content (AvgIpc) is 3.45. The summed E-state index contributed by atoms with van der Waals surface area (Å²) in [5, 5.41) is 86.5. The fourth-order valence-corrected chi connectivity index (χ4v) is 11.7. The van der Waals surface area contributed by atoms with Gasteiger partial charge in [-0.15, -0.1) is 0 Å². The number of aliphatic hydroxyl groups is 8. The fourth-order valence-electron chi connectivity index (χ4n) is 11.7. The van der Waals surface area contributed by atoms with Gasteiger partial charge in [0.05, 0.1) is 32.0 Å². The van der Waals surface area contributed by atoms with E-state index in [2.05, 4.69) is 19.2 Å². The van der Waals surface area contributed by atoms with Gasteiger partial charge in [0.15, 0.2) is 12.6 Å². The lowest BCUT2D eigenvalue weighted by atomic mass is 9.97. The summed E-state index contributed by atoms with van der Waals surface area (Å²) in [5.41, 5.74) is 0. The highest BCUT2D eigenvalue weighted by Gasteiger charge is 2.51. The molecule has 1 amide bonds. The predicted octanol–water partition coefficient (Wildman–Crippen LogP) is 12.8. The molecule has 79 heavy (non-hydrogen) atoms. The molecule has 14 heteroatoms. The molecule has 2 heterocycles. The second kappa shape index (κ2) is 51.4. The highest BCUT2D eigenvalue weighted by molar-refractivity contribution is 5.76. The third-order valence-electron chi connectivity index (χ3n) is 17.1. The van der Waals surface area contributed by atoms with E-state index in [1.807, 2.05) is 0 Å².